The molecule has 2 N–H and O–H groups in total. The van der Waals surface area contributed by atoms with Crippen molar-refractivity contribution in [3.63, 3.8) is 0 Å². The van der Waals surface area contributed by atoms with Crippen LogP contribution >= 0.6 is 0 Å². The van der Waals surface area contributed by atoms with Crippen molar-refractivity contribution in [2.45, 2.75) is 13.8 Å². The highest BCUT2D eigenvalue weighted by Gasteiger charge is 2.10. The van der Waals surface area contributed by atoms with Crippen LogP contribution in [-0.2, 0) is 0 Å². The molecule has 6 heteroatoms. The van der Waals surface area contributed by atoms with Crippen LogP contribution in [0.2, 0.25) is 0 Å². The third kappa shape index (κ3) is 4.61. The number of carbonyl (C=O) groups is 1. The van der Waals surface area contributed by atoms with Crippen LogP contribution in [-0.4, -0.2) is 30.2 Å². The molecular formula is C21H23N5O. The van der Waals surface area contributed by atoms with Crippen LogP contribution < -0.4 is 15.5 Å². The van der Waals surface area contributed by atoms with Crippen molar-refractivity contribution in [2.75, 3.05) is 29.6 Å². The van der Waals surface area contributed by atoms with Gasteiger partial charge in [0.1, 0.15) is 0 Å². The molecule has 0 aliphatic carbocycles. The molecule has 27 heavy (non-hydrogen) atoms. The molecule has 2 aromatic carbocycles. The second-order valence-electron chi connectivity index (χ2n) is 6.64. The Labute approximate surface area is 159 Å². The highest BCUT2D eigenvalue weighted by atomic mass is 16.1. The molecule has 3 aromatic rings. The molecule has 6 nitrogen and oxygen atoms in total. The number of carbonyl (C=O) groups excluding carboxylic acids is 1. The number of benzene rings is 2. The van der Waals surface area contributed by atoms with Crippen LogP contribution in [0.1, 0.15) is 21.6 Å². The van der Waals surface area contributed by atoms with Crippen LogP contribution in [0.15, 0.2) is 54.6 Å². The van der Waals surface area contributed by atoms with Crippen molar-refractivity contribution in [3.05, 3.63) is 71.4 Å². The fourth-order valence-corrected chi connectivity index (χ4v) is 2.57. The topological polar surface area (TPSA) is 70.2 Å². The molecule has 0 bridgehead atoms. The molecule has 0 unspecified atom stereocenters. The molecule has 1 amide bonds. The number of hydrogen-bond donors (Lipinski definition) is 2. The molecule has 0 aliphatic rings. The second-order valence-corrected chi connectivity index (χ2v) is 6.64. The van der Waals surface area contributed by atoms with Gasteiger partial charge in [0, 0.05) is 31.2 Å². The Morgan fingerprint density at radius 3 is 2.30 bits per heavy atom. The minimum Gasteiger partial charge on any atom is -0.378 e. The first-order valence-electron chi connectivity index (χ1n) is 8.69. The van der Waals surface area contributed by atoms with E-state index in [9.17, 15) is 4.79 Å². The minimum atomic E-state index is -0.280. The lowest BCUT2D eigenvalue weighted by Gasteiger charge is -2.13. The molecule has 1 aromatic heterocycles. The zero-order valence-electron chi connectivity index (χ0n) is 15.9. The molecule has 0 saturated carbocycles. The van der Waals surface area contributed by atoms with Gasteiger partial charge in [-0.2, -0.15) is 0 Å². The van der Waals surface area contributed by atoms with Gasteiger partial charge in [0.05, 0.1) is 0 Å². The van der Waals surface area contributed by atoms with Crippen molar-refractivity contribution in [3.8, 4) is 0 Å². The molecular weight excluding hydrogens is 338 g/mol. The number of aryl methyl sites for hydroxylation is 2. The Balaban J connectivity index is 1.67. The van der Waals surface area contributed by atoms with Gasteiger partial charge in [0.2, 0.25) is 0 Å². The Hall–Kier alpha value is -3.41. The first-order valence-corrected chi connectivity index (χ1v) is 8.69. The molecule has 1 heterocycles. The van der Waals surface area contributed by atoms with Crippen LogP contribution in [0.4, 0.5) is 22.9 Å². The predicted molar refractivity (Wildman–Crippen MR) is 110 cm³/mol. The van der Waals surface area contributed by atoms with Gasteiger partial charge in [0.25, 0.3) is 5.91 Å². The summed E-state index contributed by atoms with van der Waals surface area (Å²) in [5.74, 6) is 0.300. The largest absolute Gasteiger partial charge is 0.378 e. The standard InChI is InChI=1S/C21H23N5O/c1-14-5-6-15(2)19(13-14)23-21(27)18-11-12-20(25-24-18)22-16-7-9-17(10-8-16)26(3)4/h5-13H,1-4H3,(H,22,25)(H,23,27). The van der Waals surface area contributed by atoms with Crippen LogP contribution in [0.5, 0.6) is 0 Å². The SMILES string of the molecule is Cc1ccc(C)c(NC(=O)c2ccc(Nc3ccc(N(C)C)cc3)nn2)c1. The summed E-state index contributed by atoms with van der Waals surface area (Å²) in [6, 6.07) is 17.3. The van der Waals surface area contributed by atoms with E-state index in [0.29, 0.717) is 5.82 Å². The smallest absolute Gasteiger partial charge is 0.276 e. The van der Waals surface area contributed by atoms with Crippen molar-refractivity contribution in [1.29, 1.82) is 0 Å². The first kappa shape index (κ1) is 18.4. The van der Waals surface area contributed by atoms with E-state index in [-0.39, 0.29) is 11.6 Å². The summed E-state index contributed by atoms with van der Waals surface area (Å²) in [5, 5.41) is 14.2. The third-order valence-electron chi connectivity index (χ3n) is 4.19. The van der Waals surface area contributed by atoms with Gasteiger partial charge in [-0.05, 0) is 67.4 Å². The van der Waals surface area contributed by atoms with Crippen molar-refractivity contribution < 1.29 is 4.79 Å². The second kappa shape index (κ2) is 7.86. The highest BCUT2D eigenvalue weighted by Crippen LogP contribution is 2.19. The van der Waals surface area contributed by atoms with E-state index in [1.54, 1.807) is 12.1 Å². The Kier molecular flexibility index (Phi) is 5.35. The Morgan fingerprint density at radius 2 is 1.67 bits per heavy atom. The van der Waals surface area contributed by atoms with Gasteiger partial charge in [-0.15, -0.1) is 10.2 Å². The lowest BCUT2D eigenvalue weighted by molar-refractivity contribution is 0.102. The zero-order chi connectivity index (χ0) is 19.4. The summed E-state index contributed by atoms with van der Waals surface area (Å²) in [6.45, 7) is 3.94. The average molecular weight is 361 g/mol. The number of anilines is 4. The summed E-state index contributed by atoms with van der Waals surface area (Å²) in [6.07, 6.45) is 0. The van der Waals surface area contributed by atoms with Gasteiger partial charge in [-0.25, -0.2) is 0 Å². The van der Waals surface area contributed by atoms with Crippen LogP contribution in [0, 0.1) is 13.8 Å². The lowest BCUT2D eigenvalue weighted by atomic mass is 10.1. The summed E-state index contributed by atoms with van der Waals surface area (Å²) in [4.78, 5) is 14.4. The maximum Gasteiger partial charge on any atom is 0.276 e. The molecule has 0 fully saturated rings. The monoisotopic (exact) mass is 361 g/mol. The van der Waals surface area contributed by atoms with E-state index in [1.807, 2.05) is 75.3 Å². The molecule has 0 radical (unpaired) electrons. The van der Waals surface area contributed by atoms with E-state index < -0.39 is 0 Å². The Morgan fingerprint density at radius 1 is 0.926 bits per heavy atom. The number of amides is 1. The number of rotatable bonds is 5. The molecule has 0 atom stereocenters. The maximum absolute atomic E-state index is 12.4. The van der Waals surface area contributed by atoms with Gasteiger partial charge in [0.15, 0.2) is 11.5 Å². The Bertz CT molecular complexity index is 934. The summed E-state index contributed by atoms with van der Waals surface area (Å²) < 4.78 is 0. The predicted octanol–water partition coefficient (Wildman–Crippen LogP) is 4.16. The average Bonchev–Trinajstić information content (AvgIpc) is 2.65. The molecule has 0 spiro atoms. The number of aromatic nitrogens is 2. The first-order chi connectivity index (χ1) is 12.9. The molecule has 0 aliphatic heterocycles. The van der Waals surface area contributed by atoms with E-state index in [1.165, 1.54) is 0 Å². The quantitative estimate of drug-likeness (QED) is 0.714. The van der Waals surface area contributed by atoms with E-state index in [4.69, 9.17) is 0 Å². The molecule has 3 rings (SSSR count). The number of nitrogens with one attached hydrogen (secondary N) is 2. The fourth-order valence-electron chi connectivity index (χ4n) is 2.57. The van der Waals surface area contributed by atoms with E-state index in [2.05, 4.69) is 20.8 Å². The van der Waals surface area contributed by atoms with Gasteiger partial charge >= 0.3 is 0 Å². The van der Waals surface area contributed by atoms with E-state index in [0.717, 1.165) is 28.2 Å². The fraction of sp³-hybridized carbons (Fsp3) is 0.190. The molecule has 0 saturated heterocycles. The van der Waals surface area contributed by atoms with Crippen LogP contribution in [0.3, 0.4) is 0 Å². The maximum atomic E-state index is 12.4. The van der Waals surface area contributed by atoms with Crippen molar-refractivity contribution >= 4 is 28.8 Å². The number of hydrogen-bond acceptors (Lipinski definition) is 5. The minimum absolute atomic E-state index is 0.268. The van der Waals surface area contributed by atoms with Crippen molar-refractivity contribution in [2.24, 2.45) is 0 Å². The normalized spacial score (nSPS) is 10.4. The third-order valence-corrected chi connectivity index (χ3v) is 4.19. The number of nitrogens with zero attached hydrogens (tertiary/aromatic N) is 3. The van der Waals surface area contributed by atoms with Gasteiger partial charge in [-0.1, -0.05) is 12.1 Å². The van der Waals surface area contributed by atoms with Gasteiger partial charge in [-0.3, -0.25) is 4.79 Å². The summed E-state index contributed by atoms with van der Waals surface area (Å²) in [5.41, 5.74) is 5.16. The van der Waals surface area contributed by atoms with E-state index >= 15 is 0 Å². The van der Waals surface area contributed by atoms with Crippen LogP contribution in [0.25, 0.3) is 0 Å². The van der Waals surface area contributed by atoms with Crippen molar-refractivity contribution in [1.82, 2.24) is 10.2 Å². The summed E-state index contributed by atoms with van der Waals surface area (Å²) in [7, 11) is 3.99. The highest BCUT2D eigenvalue weighted by molar-refractivity contribution is 6.03. The van der Waals surface area contributed by atoms with Gasteiger partial charge < -0.3 is 15.5 Å². The molecule has 138 valence electrons. The lowest BCUT2D eigenvalue weighted by Crippen LogP contribution is -2.15. The summed E-state index contributed by atoms with van der Waals surface area (Å²) >= 11 is 0. The zero-order valence-corrected chi connectivity index (χ0v) is 15.9.